The van der Waals surface area contributed by atoms with Gasteiger partial charge in [0, 0.05) is 30.4 Å². The lowest BCUT2D eigenvalue weighted by atomic mass is 10.0. The zero-order valence-corrected chi connectivity index (χ0v) is 20.0. The third-order valence-electron chi connectivity index (χ3n) is 5.51. The molecule has 1 aliphatic heterocycles. The molecule has 2 heterocycles. The van der Waals surface area contributed by atoms with Crippen LogP contribution in [0.3, 0.4) is 0 Å². The topological polar surface area (TPSA) is 105 Å². The molecule has 1 saturated heterocycles. The summed E-state index contributed by atoms with van der Waals surface area (Å²) in [4.78, 5) is 15.5. The van der Waals surface area contributed by atoms with E-state index in [1.54, 1.807) is 6.07 Å². The fourth-order valence-electron chi connectivity index (χ4n) is 3.56. The summed E-state index contributed by atoms with van der Waals surface area (Å²) < 4.78 is 112. The lowest BCUT2D eigenvalue weighted by Crippen LogP contribution is -2.39. The van der Waals surface area contributed by atoms with Gasteiger partial charge in [0.25, 0.3) is 0 Å². The van der Waals surface area contributed by atoms with Gasteiger partial charge in [-0.1, -0.05) is 21.8 Å². The molecule has 38 heavy (non-hydrogen) atoms. The predicted molar refractivity (Wildman–Crippen MR) is 118 cm³/mol. The van der Waals surface area contributed by atoms with Gasteiger partial charge in [-0.25, -0.2) is 18.0 Å². The fraction of sp³-hybridized carbons (Fsp3) is 0.273. The van der Waals surface area contributed by atoms with Crippen molar-refractivity contribution in [3.8, 4) is 0 Å². The molecule has 0 bridgehead atoms. The number of nitrogens with one attached hydrogen (secondary N) is 1. The second-order valence-corrected chi connectivity index (χ2v) is 9.79. The molecule has 1 N–H and O–H groups in total. The summed E-state index contributed by atoms with van der Waals surface area (Å²) in [6.07, 6.45) is -3.91. The van der Waals surface area contributed by atoms with Crippen LogP contribution in [0.1, 0.15) is 17.5 Å². The molecular formula is C22H18F6N4O5S. The number of sulfonamides is 1. The van der Waals surface area contributed by atoms with Crippen LogP contribution in [0.15, 0.2) is 52.1 Å². The molecule has 1 aliphatic rings. The maximum Gasteiger partial charge on any atom is 0.493 e. The van der Waals surface area contributed by atoms with E-state index in [-0.39, 0.29) is 17.8 Å². The summed E-state index contributed by atoms with van der Waals surface area (Å²) in [6.45, 7) is 1.94. The maximum atomic E-state index is 14.9. The average Bonchev–Trinajstić information content (AvgIpc) is 3.32. The van der Waals surface area contributed by atoms with E-state index in [1.807, 2.05) is 0 Å². The Morgan fingerprint density at radius 3 is 2.34 bits per heavy atom. The number of nitrogens with zero attached hydrogens (tertiary/aromatic N) is 3. The summed E-state index contributed by atoms with van der Waals surface area (Å²) >= 11 is 0. The lowest BCUT2D eigenvalue weighted by Gasteiger charge is -2.31. The Bertz CT molecular complexity index is 1410. The second-order valence-electron chi connectivity index (χ2n) is 8.10. The van der Waals surface area contributed by atoms with Gasteiger partial charge in [-0.05, 0) is 43.3 Å². The minimum absolute atomic E-state index is 0.213. The molecule has 0 unspecified atom stereocenters. The van der Waals surface area contributed by atoms with Gasteiger partial charge in [-0.15, -0.1) is 0 Å². The molecular weight excluding hydrogens is 546 g/mol. The molecule has 2 aromatic carbocycles. The number of hydrogen-bond donors (Lipinski definition) is 1. The molecule has 0 amide bonds. The van der Waals surface area contributed by atoms with Gasteiger partial charge < -0.3 is 14.7 Å². The Morgan fingerprint density at radius 1 is 1.11 bits per heavy atom. The molecule has 0 radical (unpaired) electrons. The van der Waals surface area contributed by atoms with E-state index in [9.17, 15) is 39.6 Å². The third kappa shape index (κ3) is 5.70. The number of aromatic nitrogens is 1. The Kier molecular flexibility index (Phi) is 7.55. The monoisotopic (exact) mass is 564 g/mol. The number of hydrogen-bond acceptors (Lipinski definition) is 8. The summed E-state index contributed by atoms with van der Waals surface area (Å²) in [7, 11) is -5.62. The van der Waals surface area contributed by atoms with Crippen LogP contribution in [-0.4, -0.2) is 43.7 Å². The molecule has 0 aliphatic carbocycles. The van der Waals surface area contributed by atoms with Crippen LogP contribution >= 0.6 is 0 Å². The van der Waals surface area contributed by atoms with Gasteiger partial charge in [0.2, 0.25) is 5.82 Å². The Hall–Kier alpha value is -3.79. The van der Waals surface area contributed by atoms with Crippen LogP contribution in [0.25, 0.3) is 0 Å². The van der Waals surface area contributed by atoms with Crippen molar-refractivity contribution in [1.82, 2.24) is 10.1 Å². The molecule has 3 aromatic rings. The molecule has 9 nitrogen and oxygen atoms in total. The molecule has 16 heteroatoms. The van der Waals surface area contributed by atoms with Crippen LogP contribution in [0.2, 0.25) is 0 Å². The minimum atomic E-state index is -5.65. The van der Waals surface area contributed by atoms with Crippen molar-refractivity contribution >= 4 is 27.5 Å². The van der Waals surface area contributed by atoms with Crippen LogP contribution in [0.4, 0.5) is 37.8 Å². The minimum Gasteiger partial charge on any atom is -0.381 e. The zero-order valence-electron chi connectivity index (χ0n) is 19.1. The highest BCUT2D eigenvalue weighted by molar-refractivity contribution is 7.92. The van der Waals surface area contributed by atoms with Crippen LogP contribution in [0, 0.1) is 17.5 Å². The molecule has 4 rings (SSSR count). The number of halogens is 6. The summed E-state index contributed by atoms with van der Waals surface area (Å²) in [6, 6.07) is 6.21. The van der Waals surface area contributed by atoms with Crippen LogP contribution in [-0.2, 0) is 32.7 Å². The predicted octanol–water partition coefficient (Wildman–Crippen LogP) is 4.13. The van der Waals surface area contributed by atoms with Crippen LogP contribution in [0.5, 0.6) is 0 Å². The summed E-state index contributed by atoms with van der Waals surface area (Å²) in [5.41, 5.74) is 0.581. The third-order valence-corrected chi connectivity index (χ3v) is 7.11. The lowest BCUT2D eigenvalue weighted by molar-refractivity contribution is -0.199. The number of carbonyl (C=O) groups is 1. The number of likely N-dealkylation sites (tertiary alicyclic amines) is 1. The molecule has 1 fully saturated rings. The normalized spacial score (nSPS) is 14.2. The molecule has 0 atom stereocenters. The Morgan fingerprint density at radius 2 is 1.79 bits per heavy atom. The zero-order chi connectivity index (χ0) is 27.7. The smallest absolute Gasteiger partial charge is 0.381 e. The van der Waals surface area contributed by atoms with Gasteiger partial charge in [0.1, 0.15) is 23.7 Å². The highest BCUT2D eigenvalue weighted by atomic mass is 32.2. The largest absolute Gasteiger partial charge is 0.493 e. The molecule has 204 valence electrons. The molecule has 0 spiro atoms. The second kappa shape index (κ2) is 10.5. The van der Waals surface area contributed by atoms with E-state index in [2.05, 4.69) is 24.7 Å². The van der Waals surface area contributed by atoms with E-state index in [4.69, 9.17) is 0 Å². The van der Waals surface area contributed by atoms with Crippen LogP contribution < -0.4 is 9.79 Å². The number of rotatable bonds is 9. The quantitative estimate of drug-likeness (QED) is 0.306. The standard InChI is InChI=1S/C22H18F6N4O5S/c23-16-4-1-3-13(12-31-6-2-7-31)15(16)11-29-14-9-17(24)20(18(25)10-14)38(34,35)32(19-5-8-36-30-19)37-21(33)22(26,27)28/h1,3-5,8-10,29H,2,6-7,11-12H2. The highest BCUT2D eigenvalue weighted by Crippen LogP contribution is 2.31. The molecule has 1 aromatic heterocycles. The summed E-state index contributed by atoms with van der Waals surface area (Å²) in [5.74, 6) is -8.05. The van der Waals surface area contributed by atoms with Gasteiger partial charge >= 0.3 is 22.2 Å². The first kappa shape index (κ1) is 27.3. The Balaban J connectivity index is 1.61. The molecule has 0 saturated carbocycles. The van der Waals surface area contributed by atoms with E-state index >= 15 is 0 Å². The van der Waals surface area contributed by atoms with E-state index in [0.717, 1.165) is 25.8 Å². The van der Waals surface area contributed by atoms with E-state index < -0.39 is 54.8 Å². The number of carbonyl (C=O) groups excluding carboxylic acids is 1. The van der Waals surface area contributed by atoms with Gasteiger partial charge in [-0.2, -0.15) is 21.6 Å². The summed E-state index contributed by atoms with van der Waals surface area (Å²) in [5, 5.41) is 5.67. The van der Waals surface area contributed by atoms with Crippen molar-refractivity contribution in [3.05, 3.63) is 71.2 Å². The van der Waals surface area contributed by atoms with Gasteiger partial charge in [0.05, 0.1) is 0 Å². The fourth-order valence-corrected chi connectivity index (χ4v) is 4.84. The number of alkyl halides is 3. The van der Waals surface area contributed by atoms with Crippen molar-refractivity contribution in [2.75, 3.05) is 22.9 Å². The van der Waals surface area contributed by atoms with E-state index in [0.29, 0.717) is 30.3 Å². The van der Waals surface area contributed by atoms with Gasteiger partial charge in [0.15, 0.2) is 4.90 Å². The van der Waals surface area contributed by atoms with Gasteiger partial charge in [-0.3, -0.25) is 4.90 Å². The van der Waals surface area contributed by atoms with Crippen molar-refractivity contribution in [2.24, 2.45) is 0 Å². The first-order valence-electron chi connectivity index (χ1n) is 10.8. The van der Waals surface area contributed by atoms with Crippen molar-refractivity contribution in [2.45, 2.75) is 30.6 Å². The first-order chi connectivity index (χ1) is 17.9. The van der Waals surface area contributed by atoms with Crippen molar-refractivity contribution in [1.29, 1.82) is 0 Å². The number of anilines is 2. The first-order valence-corrected chi connectivity index (χ1v) is 12.3. The highest BCUT2D eigenvalue weighted by Gasteiger charge is 2.46. The average molecular weight is 564 g/mol. The van der Waals surface area contributed by atoms with Crippen molar-refractivity contribution in [3.63, 3.8) is 0 Å². The number of benzene rings is 2. The Labute approximate surface area is 211 Å². The van der Waals surface area contributed by atoms with Crippen molar-refractivity contribution < 1.29 is 48.9 Å². The SMILES string of the molecule is O=C(ON(c1ccon1)S(=O)(=O)c1c(F)cc(NCc2c(F)cccc2CN2CCC2)cc1F)C(F)(F)F. The van der Waals surface area contributed by atoms with E-state index in [1.165, 1.54) is 12.1 Å². The maximum absolute atomic E-state index is 14.9.